The van der Waals surface area contributed by atoms with Gasteiger partial charge in [-0.2, -0.15) is 0 Å². The molecule has 2 saturated carbocycles. The number of halogens is 3. The molecule has 3 fully saturated rings. The zero-order valence-electron chi connectivity index (χ0n) is 21.1. The number of carbonyl (C=O) groups excluding carboxylic acids is 2. The van der Waals surface area contributed by atoms with Crippen LogP contribution in [0.4, 0.5) is 10.1 Å². The van der Waals surface area contributed by atoms with Gasteiger partial charge in [0.2, 0.25) is 5.91 Å². The Bertz CT molecular complexity index is 1250. The highest BCUT2D eigenvalue weighted by Crippen LogP contribution is 2.63. The van der Waals surface area contributed by atoms with E-state index in [-0.39, 0.29) is 16.7 Å². The maximum atomic E-state index is 15.8. The van der Waals surface area contributed by atoms with Gasteiger partial charge in [0.1, 0.15) is 11.2 Å². The van der Waals surface area contributed by atoms with Crippen molar-refractivity contribution in [2.24, 2.45) is 11.8 Å². The Balaban J connectivity index is 1.52. The van der Waals surface area contributed by atoms with E-state index in [0.29, 0.717) is 34.5 Å². The lowest BCUT2D eigenvalue weighted by molar-refractivity contribution is -0.123. The normalized spacial score (nSPS) is 32.2. The first kappa shape index (κ1) is 25.3. The minimum absolute atomic E-state index is 0.00206. The number of hydrogen-bond donors (Lipinski definition) is 2. The summed E-state index contributed by atoms with van der Waals surface area (Å²) < 4.78 is 15.8. The van der Waals surface area contributed by atoms with Gasteiger partial charge in [-0.1, -0.05) is 74.0 Å². The molecule has 2 N–H and O–H groups in total. The fraction of sp³-hybridized carbons (Fsp3) is 0.533. The van der Waals surface area contributed by atoms with Crippen molar-refractivity contribution in [3.05, 3.63) is 63.4 Å². The third-order valence-electron chi connectivity index (χ3n) is 9.75. The molecule has 0 radical (unpaired) electrons. The van der Waals surface area contributed by atoms with Gasteiger partial charge in [-0.25, -0.2) is 4.39 Å². The molecular weight excluding hydrogens is 510 g/mol. The van der Waals surface area contributed by atoms with Crippen molar-refractivity contribution in [3.8, 4) is 0 Å². The Morgan fingerprint density at radius 1 is 1.08 bits per heavy atom. The average molecular weight is 544 g/mol. The third-order valence-corrected chi connectivity index (χ3v) is 10.3. The van der Waals surface area contributed by atoms with E-state index >= 15 is 4.39 Å². The van der Waals surface area contributed by atoms with Crippen molar-refractivity contribution in [2.45, 2.75) is 87.6 Å². The molecular formula is C30H33Cl2FN2O2. The van der Waals surface area contributed by atoms with Gasteiger partial charge in [-0.05, 0) is 66.8 Å². The lowest BCUT2D eigenvalue weighted by atomic mass is 9.58. The number of ketones is 1. The van der Waals surface area contributed by atoms with Gasteiger partial charge in [-0.15, -0.1) is 0 Å². The van der Waals surface area contributed by atoms with E-state index < -0.39 is 28.7 Å². The molecule has 3 atom stereocenters. The second-order valence-corrected chi connectivity index (χ2v) is 12.6. The summed E-state index contributed by atoms with van der Waals surface area (Å²) in [6.45, 7) is 2.27. The predicted molar refractivity (Wildman–Crippen MR) is 145 cm³/mol. The molecule has 6 rings (SSSR count). The van der Waals surface area contributed by atoms with Crippen LogP contribution in [0.25, 0.3) is 0 Å². The van der Waals surface area contributed by atoms with Crippen molar-refractivity contribution in [3.63, 3.8) is 0 Å². The molecule has 1 amide bonds. The van der Waals surface area contributed by atoms with Gasteiger partial charge in [0, 0.05) is 28.6 Å². The SMILES string of the molecule is CC1CCC(CC(=O)[C@@H]2NC3(CCCC3)[C@@]3(C(=O)Nc4cc(Cl)ccc43)[C@H]2c2cccc(Cl)c2F)CC1. The monoisotopic (exact) mass is 542 g/mol. The highest BCUT2D eigenvalue weighted by molar-refractivity contribution is 6.31. The highest BCUT2D eigenvalue weighted by Gasteiger charge is 2.72. The molecule has 2 aliphatic carbocycles. The van der Waals surface area contributed by atoms with Crippen LogP contribution >= 0.6 is 23.2 Å². The first-order chi connectivity index (χ1) is 17.8. The van der Waals surface area contributed by atoms with Crippen LogP contribution in [0.5, 0.6) is 0 Å². The van der Waals surface area contributed by atoms with E-state index in [2.05, 4.69) is 17.6 Å². The molecule has 2 heterocycles. The quantitative estimate of drug-likeness (QED) is 0.430. The largest absolute Gasteiger partial charge is 0.325 e. The van der Waals surface area contributed by atoms with Crippen molar-refractivity contribution in [1.82, 2.24) is 5.32 Å². The Morgan fingerprint density at radius 2 is 1.81 bits per heavy atom. The molecule has 2 spiro atoms. The summed E-state index contributed by atoms with van der Waals surface area (Å²) in [5.41, 5.74) is -0.0277. The topological polar surface area (TPSA) is 58.2 Å². The predicted octanol–water partition coefficient (Wildman–Crippen LogP) is 7.18. The fourth-order valence-corrected chi connectivity index (χ4v) is 8.39. The smallest absolute Gasteiger partial charge is 0.237 e. The highest BCUT2D eigenvalue weighted by atomic mass is 35.5. The van der Waals surface area contributed by atoms with Crippen molar-refractivity contribution < 1.29 is 14.0 Å². The van der Waals surface area contributed by atoms with E-state index in [0.717, 1.165) is 56.9 Å². The molecule has 1 saturated heterocycles. The van der Waals surface area contributed by atoms with Crippen LogP contribution in [-0.4, -0.2) is 23.3 Å². The molecule has 7 heteroatoms. The summed E-state index contributed by atoms with van der Waals surface area (Å²) in [5.74, 6) is -0.367. The van der Waals surface area contributed by atoms with Crippen LogP contribution in [0.2, 0.25) is 10.0 Å². The first-order valence-corrected chi connectivity index (χ1v) is 14.4. The zero-order chi connectivity index (χ0) is 25.9. The molecule has 2 aromatic rings. The van der Waals surface area contributed by atoms with E-state index in [1.165, 1.54) is 6.07 Å². The summed E-state index contributed by atoms with van der Waals surface area (Å²) in [7, 11) is 0. The average Bonchev–Trinajstić information content (AvgIpc) is 3.54. The lowest BCUT2D eigenvalue weighted by Crippen LogP contribution is -2.57. The molecule has 196 valence electrons. The fourth-order valence-electron chi connectivity index (χ4n) is 8.04. The first-order valence-electron chi connectivity index (χ1n) is 13.6. The van der Waals surface area contributed by atoms with Crippen LogP contribution in [-0.2, 0) is 15.0 Å². The second-order valence-electron chi connectivity index (χ2n) is 11.8. The summed E-state index contributed by atoms with van der Waals surface area (Å²) in [6, 6.07) is 9.69. The summed E-state index contributed by atoms with van der Waals surface area (Å²) in [6.07, 6.45) is 8.15. The molecule has 2 aromatic carbocycles. The molecule has 2 aliphatic heterocycles. The van der Waals surface area contributed by atoms with Gasteiger partial charge in [0.25, 0.3) is 0 Å². The third kappa shape index (κ3) is 3.79. The molecule has 0 bridgehead atoms. The van der Waals surface area contributed by atoms with Gasteiger partial charge >= 0.3 is 0 Å². The number of rotatable bonds is 4. The summed E-state index contributed by atoms with van der Waals surface area (Å²) in [4.78, 5) is 28.4. The Kier molecular flexibility index (Phi) is 6.41. The van der Waals surface area contributed by atoms with Crippen LogP contribution < -0.4 is 10.6 Å². The summed E-state index contributed by atoms with van der Waals surface area (Å²) >= 11 is 12.6. The van der Waals surface area contributed by atoms with Crippen LogP contribution in [0.15, 0.2) is 36.4 Å². The van der Waals surface area contributed by atoms with E-state index in [1.54, 1.807) is 24.3 Å². The minimum Gasteiger partial charge on any atom is -0.325 e. The van der Waals surface area contributed by atoms with Gasteiger partial charge in [-0.3, -0.25) is 14.9 Å². The number of hydrogen-bond acceptors (Lipinski definition) is 3. The lowest BCUT2D eigenvalue weighted by Gasteiger charge is -2.42. The molecule has 0 unspecified atom stereocenters. The number of carbonyl (C=O) groups is 2. The Hall–Kier alpha value is -1.95. The molecule has 0 aromatic heterocycles. The van der Waals surface area contributed by atoms with Gasteiger partial charge in [0.05, 0.1) is 11.1 Å². The Morgan fingerprint density at radius 3 is 2.54 bits per heavy atom. The Labute approximate surface area is 227 Å². The molecule has 37 heavy (non-hydrogen) atoms. The number of Topliss-reactive ketones (excluding diaryl/α,β-unsaturated/α-hetero) is 1. The number of fused-ring (bicyclic) bond motifs is 3. The minimum atomic E-state index is -1.14. The van der Waals surface area contributed by atoms with Gasteiger partial charge < -0.3 is 5.32 Å². The standard InChI is InChI=1S/C30H33Cl2FN2O2/c1-17-7-9-18(10-8-17)15-24(36)27-25(20-5-4-6-22(32)26(20)33)30(29(35-27)13-2-3-14-29)21-12-11-19(31)16-23(21)34-28(30)37/h4-6,11-12,16-18,25,27,35H,2-3,7-10,13-15H2,1H3,(H,34,37)/t17?,18?,25-,27-,30+/m0/s1. The number of benzene rings is 2. The van der Waals surface area contributed by atoms with Crippen molar-refractivity contribution >= 4 is 40.6 Å². The van der Waals surface area contributed by atoms with Crippen molar-refractivity contribution in [1.29, 1.82) is 0 Å². The van der Waals surface area contributed by atoms with E-state index in [4.69, 9.17) is 23.2 Å². The number of nitrogens with one attached hydrogen (secondary N) is 2. The van der Waals surface area contributed by atoms with E-state index in [9.17, 15) is 9.59 Å². The van der Waals surface area contributed by atoms with Crippen LogP contribution in [0.3, 0.4) is 0 Å². The molecule has 4 aliphatic rings. The summed E-state index contributed by atoms with van der Waals surface area (Å²) in [5, 5.41) is 7.32. The van der Waals surface area contributed by atoms with Crippen LogP contribution in [0, 0.1) is 17.7 Å². The van der Waals surface area contributed by atoms with Gasteiger partial charge in [0.15, 0.2) is 5.78 Å². The zero-order valence-corrected chi connectivity index (χ0v) is 22.6. The van der Waals surface area contributed by atoms with E-state index in [1.807, 2.05) is 6.07 Å². The number of anilines is 1. The maximum Gasteiger partial charge on any atom is 0.237 e. The number of amides is 1. The van der Waals surface area contributed by atoms with Crippen LogP contribution in [0.1, 0.15) is 81.8 Å². The maximum absolute atomic E-state index is 15.8. The van der Waals surface area contributed by atoms with Crippen molar-refractivity contribution in [2.75, 3.05) is 5.32 Å². The second kappa shape index (κ2) is 9.36. The molecule has 4 nitrogen and oxygen atoms in total.